The quantitative estimate of drug-likeness (QED) is 0.101. The van der Waals surface area contributed by atoms with Gasteiger partial charge >= 0.3 is 7.12 Å². The van der Waals surface area contributed by atoms with Crippen LogP contribution in [-0.4, -0.2) is 27.5 Å². The Labute approximate surface area is 685 Å². The van der Waals surface area contributed by atoms with Crippen LogP contribution in [0.2, 0.25) is 0 Å². The molecule has 1 saturated heterocycles. The standard InChI is InChI=1S/C49H40BNO2.C49H32BrN.C6H4BrI/c1-47(2)48(3,4)53-50(52-47)37-21-15-16-33(30-37)34-26-28-42-41-23-12-14-25-45(41)51(46(42)31-34)38-27-29-40-39-22-11-13-24-43(39)49(44(40)32-38,35-17-7-5-8-18-35)36-19-9-6-10-20-36;50-39-25-22-33(23-26-39)34-12-11-13-35(30-34)36-24-28-44-43-19-8-10-21-47(43)51(48(44)31-36)40-27-29-42-41-18-7-9-20-45(41)49(46(42)32-40,37-14-3-1-4-15-37)38-16-5-2-6-17-38;7-5-1-3-6(8)4-2-5/h5-32H,1-4H3;1-32H;1-4H. The Balaban J connectivity index is 0.000000137. The first-order chi connectivity index (χ1) is 54.7. The topological polar surface area (TPSA) is 28.3 Å². The van der Waals surface area contributed by atoms with Crippen LogP contribution in [0, 0.1) is 3.57 Å². The van der Waals surface area contributed by atoms with Gasteiger partial charge in [0.05, 0.1) is 44.1 Å². The number of nitrogens with zero attached hydrogens (tertiary/aromatic N) is 2. The van der Waals surface area contributed by atoms with E-state index in [1.807, 2.05) is 12.1 Å². The van der Waals surface area contributed by atoms with Crippen LogP contribution in [-0.2, 0) is 20.1 Å². The lowest BCUT2D eigenvalue weighted by Crippen LogP contribution is -2.41. The number of hydrogen-bond acceptors (Lipinski definition) is 2. The van der Waals surface area contributed by atoms with Gasteiger partial charge in [-0.05, 0) is 247 Å². The second kappa shape index (κ2) is 28.8. The highest BCUT2D eigenvalue weighted by Crippen LogP contribution is 2.59. The van der Waals surface area contributed by atoms with Gasteiger partial charge in [0.25, 0.3) is 0 Å². The average molecular weight is 1680 g/mol. The van der Waals surface area contributed by atoms with E-state index in [-0.39, 0.29) is 0 Å². The molecule has 1 aliphatic heterocycles. The molecular formula is C104H76BBr2IN2O2. The Morgan fingerprint density at radius 2 is 0.607 bits per heavy atom. The predicted octanol–water partition coefficient (Wildman–Crippen LogP) is 27.4. The van der Waals surface area contributed by atoms with Gasteiger partial charge in [0.2, 0.25) is 0 Å². The predicted molar refractivity (Wildman–Crippen MR) is 483 cm³/mol. The molecule has 2 aliphatic carbocycles. The Hall–Kier alpha value is -11.2. The van der Waals surface area contributed by atoms with Crippen LogP contribution in [0.3, 0.4) is 0 Å². The molecule has 3 aliphatic rings. The van der Waals surface area contributed by atoms with Crippen molar-refractivity contribution in [2.24, 2.45) is 0 Å². The van der Waals surface area contributed by atoms with Gasteiger partial charge in [-0.15, -0.1) is 0 Å². The van der Waals surface area contributed by atoms with Gasteiger partial charge in [0.1, 0.15) is 0 Å². The molecule has 21 rings (SSSR count). The minimum Gasteiger partial charge on any atom is -0.399 e. The summed E-state index contributed by atoms with van der Waals surface area (Å²) in [5, 5.41) is 4.97. The molecule has 0 unspecified atom stereocenters. The maximum atomic E-state index is 6.44. The van der Waals surface area contributed by atoms with E-state index in [1.165, 1.54) is 136 Å². The maximum Gasteiger partial charge on any atom is 0.494 e. The lowest BCUT2D eigenvalue weighted by Gasteiger charge is -2.34. The summed E-state index contributed by atoms with van der Waals surface area (Å²) in [6, 6.07) is 142. The molecule has 3 heterocycles. The normalized spacial score (nSPS) is 14.4. The molecule has 112 heavy (non-hydrogen) atoms. The van der Waals surface area contributed by atoms with Crippen LogP contribution >= 0.6 is 54.5 Å². The summed E-state index contributed by atoms with van der Waals surface area (Å²) in [4.78, 5) is 0. The molecule has 0 spiro atoms. The van der Waals surface area contributed by atoms with Crippen molar-refractivity contribution in [2.45, 2.75) is 49.7 Å². The first-order valence-corrected chi connectivity index (χ1v) is 40.9. The van der Waals surface area contributed by atoms with E-state index in [4.69, 9.17) is 9.31 Å². The number of para-hydroxylation sites is 2. The largest absolute Gasteiger partial charge is 0.494 e. The Bertz CT molecular complexity index is 6500. The lowest BCUT2D eigenvalue weighted by molar-refractivity contribution is 0.00578. The van der Waals surface area contributed by atoms with Crippen molar-refractivity contribution in [3.8, 4) is 67.0 Å². The van der Waals surface area contributed by atoms with E-state index >= 15 is 0 Å². The molecule has 0 saturated carbocycles. The molecular weight excluding hydrogens is 1610 g/mol. The van der Waals surface area contributed by atoms with Gasteiger partial charge in [-0.1, -0.05) is 329 Å². The van der Waals surface area contributed by atoms with E-state index in [2.05, 4.69) is 467 Å². The second-order valence-electron chi connectivity index (χ2n) is 30.4. The van der Waals surface area contributed by atoms with Crippen molar-refractivity contribution < 1.29 is 9.31 Å². The fourth-order valence-electron chi connectivity index (χ4n) is 17.8. The lowest BCUT2D eigenvalue weighted by atomic mass is 9.67. The van der Waals surface area contributed by atoms with Crippen molar-refractivity contribution in [1.82, 2.24) is 9.13 Å². The molecule has 16 aromatic carbocycles. The molecule has 1 fully saturated rings. The third-order valence-corrected chi connectivity index (χ3v) is 25.4. The Kier molecular flexibility index (Phi) is 18.3. The average Bonchev–Trinajstić information content (AvgIpc) is 1.50. The minimum absolute atomic E-state index is 0.399. The number of rotatable bonds is 10. The number of halogens is 3. The monoisotopic (exact) mass is 1680 g/mol. The molecule has 18 aromatic rings. The molecule has 0 atom stereocenters. The fourth-order valence-corrected chi connectivity index (χ4v) is 18.7. The van der Waals surface area contributed by atoms with Crippen LogP contribution in [0.15, 0.2) is 397 Å². The SMILES string of the molecule is Brc1ccc(-c2cccc(-c3ccc4c5ccccc5n(-c5ccc6c(c5)C(c5ccccc5)(c5ccccc5)c5ccccc5-6)c4c3)c2)cc1.Brc1ccc(I)cc1.CC1(C)OB(c2cccc(-c3ccc4c5ccccc5n(-c5ccc6c(c5)C(c5ccccc5)(c5ccccc5)c5ccccc5-6)c4c3)c2)OC1(C)C. The highest BCUT2D eigenvalue weighted by atomic mass is 127. The zero-order valence-electron chi connectivity index (χ0n) is 62.4. The summed E-state index contributed by atoms with van der Waals surface area (Å²) in [6.45, 7) is 8.41. The summed E-state index contributed by atoms with van der Waals surface area (Å²) in [5.41, 5.74) is 28.9. The third-order valence-electron chi connectivity index (χ3n) is 23.7. The van der Waals surface area contributed by atoms with Crippen molar-refractivity contribution in [2.75, 3.05) is 0 Å². The molecule has 0 amide bonds. The van der Waals surface area contributed by atoms with E-state index in [9.17, 15) is 0 Å². The fraction of sp³-hybridized carbons (Fsp3) is 0.0769. The van der Waals surface area contributed by atoms with Crippen molar-refractivity contribution in [3.63, 3.8) is 0 Å². The van der Waals surface area contributed by atoms with E-state index < -0.39 is 29.2 Å². The number of aromatic nitrogens is 2. The highest BCUT2D eigenvalue weighted by molar-refractivity contribution is 14.1. The van der Waals surface area contributed by atoms with E-state index in [1.54, 1.807) is 0 Å². The smallest absolute Gasteiger partial charge is 0.399 e. The first kappa shape index (κ1) is 71.1. The summed E-state index contributed by atoms with van der Waals surface area (Å²) < 4.78 is 21.3. The summed E-state index contributed by atoms with van der Waals surface area (Å²) in [5.74, 6) is 0. The van der Waals surface area contributed by atoms with Crippen molar-refractivity contribution >= 4 is 111 Å². The Morgan fingerprint density at radius 1 is 0.268 bits per heavy atom. The molecule has 2 aromatic heterocycles. The van der Waals surface area contributed by atoms with Gasteiger partial charge in [-0.3, -0.25) is 0 Å². The van der Waals surface area contributed by atoms with Gasteiger partial charge in [0.15, 0.2) is 0 Å². The Morgan fingerprint density at radius 3 is 1.04 bits per heavy atom. The van der Waals surface area contributed by atoms with Crippen LogP contribution in [0.5, 0.6) is 0 Å². The van der Waals surface area contributed by atoms with E-state index in [0.29, 0.717) is 0 Å². The van der Waals surface area contributed by atoms with Crippen molar-refractivity contribution in [1.29, 1.82) is 0 Å². The van der Waals surface area contributed by atoms with E-state index in [0.717, 1.165) is 36.9 Å². The maximum absolute atomic E-state index is 6.44. The first-order valence-electron chi connectivity index (χ1n) is 38.3. The number of benzene rings is 16. The minimum atomic E-state index is -0.470. The summed E-state index contributed by atoms with van der Waals surface area (Å²) in [6.07, 6.45) is 0. The van der Waals surface area contributed by atoms with Gasteiger partial charge in [-0.25, -0.2) is 0 Å². The van der Waals surface area contributed by atoms with Gasteiger partial charge in [0, 0.05) is 45.4 Å². The number of fused-ring (bicyclic) bond motifs is 12. The third kappa shape index (κ3) is 12.1. The molecule has 4 nitrogen and oxygen atoms in total. The highest BCUT2D eigenvalue weighted by Gasteiger charge is 2.52. The molecule has 538 valence electrons. The van der Waals surface area contributed by atoms with Gasteiger partial charge < -0.3 is 18.4 Å². The van der Waals surface area contributed by atoms with Crippen LogP contribution in [0.4, 0.5) is 0 Å². The summed E-state index contributed by atoms with van der Waals surface area (Å²) in [7, 11) is -0.417. The summed E-state index contributed by atoms with van der Waals surface area (Å²) >= 11 is 9.20. The van der Waals surface area contributed by atoms with Crippen LogP contribution in [0.1, 0.15) is 72.2 Å². The molecule has 8 heteroatoms. The van der Waals surface area contributed by atoms with Crippen molar-refractivity contribution in [3.05, 3.63) is 445 Å². The molecule has 0 N–H and O–H groups in total. The second-order valence-corrected chi connectivity index (χ2v) is 33.5. The van der Waals surface area contributed by atoms with Crippen LogP contribution < -0.4 is 5.46 Å². The zero-order valence-corrected chi connectivity index (χ0v) is 67.7. The van der Waals surface area contributed by atoms with Gasteiger partial charge in [-0.2, -0.15) is 0 Å². The molecule has 0 radical (unpaired) electrons. The zero-order chi connectivity index (χ0) is 75.9. The van der Waals surface area contributed by atoms with Crippen LogP contribution in [0.25, 0.3) is 111 Å². The molecule has 0 bridgehead atoms. The number of hydrogen-bond donors (Lipinski definition) is 0.